The molecule has 0 bridgehead atoms. The van der Waals surface area contributed by atoms with E-state index in [4.69, 9.17) is 4.74 Å². The fourth-order valence-electron chi connectivity index (χ4n) is 2.15. The molecular formula is C17H21NO5S. The Balaban J connectivity index is 2.28. The Morgan fingerprint density at radius 1 is 1.12 bits per heavy atom. The maximum atomic E-state index is 11.6. The first kappa shape index (κ1) is 18.3. The van der Waals surface area contributed by atoms with Gasteiger partial charge in [-0.15, -0.1) is 0 Å². The average Bonchev–Trinajstić information content (AvgIpc) is 2.52. The molecule has 0 aliphatic heterocycles. The molecule has 2 rings (SSSR count). The van der Waals surface area contributed by atoms with E-state index in [0.29, 0.717) is 11.3 Å². The third-order valence-corrected chi connectivity index (χ3v) is 3.93. The van der Waals surface area contributed by atoms with E-state index in [-0.39, 0.29) is 12.3 Å². The van der Waals surface area contributed by atoms with Crippen molar-refractivity contribution in [1.29, 1.82) is 0 Å². The summed E-state index contributed by atoms with van der Waals surface area (Å²) in [6.45, 7) is 1.73. The predicted octanol–water partition coefficient (Wildman–Crippen LogP) is 2.05. The Kier molecular flexibility index (Phi) is 5.82. The molecule has 0 saturated carbocycles. The average molecular weight is 351 g/mol. The van der Waals surface area contributed by atoms with Crippen molar-refractivity contribution < 1.29 is 23.4 Å². The van der Waals surface area contributed by atoms with Crippen molar-refractivity contribution >= 4 is 15.7 Å². The van der Waals surface area contributed by atoms with Gasteiger partial charge in [-0.1, -0.05) is 36.4 Å². The van der Waals surface area contributed by atoms with Gasteiger partial charge in [-0.05, 0) is 30.2 Å². The molecular weight excluding hydrogens is 330 g/mol. The van der Waals surface area contributed by atoms with E-state index in [1.54, 1.807) is 12.1 Å². The molecule has 7 heteroatoms. The summed E-state index contributed by atoms with van der Waals surface area (Å²) in [4.78, 5) is 0. The fraction of sp³-hybridized carbons (Fsp3) is 0.294. The van der Waals surface area contributed by atoms with Crippen LogP contribution in [0.4, 0.5) is 5.69 Å². The topological polar surface area (TPSA) is 95.9 Å². The van der Waals surface area contributed by atoms with Crippen LogP contribution >= 0.6 is 0 Å². The van der Waals surface area contributed by atoms with Gasteiger partial charge in [-0.3, -0.25) is 4.72 Å². The predicted molar refractivity (Wildman–Crippen MR) is 92.3 cm³/mol. The number of aliphatic hydroxyl groups is 2. The van der Waals surface area contributed by atoms with Crippen LogP contribution in [0.2, 0.25) is 0 Å². The molecule has 0 amide bonds. The Bertz CT molecular complexity index is 775. The molecule has 0 aliphatic carbocycles. The number of sulfonamides is 1. The van der Waals surface area contributed by atoms with Crippen molar-refractivity contribution in [3.05, 3.63) is 59.7 Å². The van der Waals surface area contributed by atoms with E-state index < -0.39 is 22.2 Å². The number of aliphatic hydroxyl groups excluding tert-OH is 2. The zero-order valence-corrected chi connectivity index (χ0v) is 14.3. The lowest BCUT2D eigenvalue weighted by Crippen LogP contribution is -2.15. The minimum Gasteiger partial charge on any atom is -0.487 e. The van der Waals surface area contributed by atoms with Gasteiger partial charge in [0.25, 0.3) is 0 Å². The van der Waals surface area contributed by atoms with Crippen LogP contribution in [0.5, 0.6) is 5.75 Å². The highest BCUT2D eigenvalue weighted by Gasteiger charge is 2.17. The van der Waals surface area contributed by atoms with Crippen LogP contribution in [-0.4, -0.2) is 31.0 Å². The maximum absolute atomic E-state index is 11.6. The second-order valence-corrected chi connectivity index (χ2v) is 7.34. The number of ether oxygens (including phenoxy) is 1. The van der Waals surface area contributed by atoms with Crippen molar-refractivity contribution in [2.24, 2.45) is 0 Å². The van der Waals surface area contributed by atoms with E-state index in [1.807, 2.05) is 30.3 Å². The van der Waals surface area contributed by atoms with Crippen molar-refractivity contribution in [2.45, 2.75) is 25.7 Å². The molecule has 0 aromatic heterocycles. The summed E-state index contributed by atoms with van der Waals surface area (Å²) in [5.41, 5.74) is 1.55. The van der Waals surface area contributed by atoms with Gasteiger partial charge in [0.2, 0.25) is 10.0 Å². The maximum Gasteiger partial charge on any atom is 0.229 e. The Morgan fingerprint density at radius 2 is 1.79 bits per heavy atom. The Hall–Kier alpha value is -2.09. The fourth-order valence-corrected chi connectivity index (χ4v) is 2.71. The number of anilines is 1. The van der Waals surface area contributed by atoms with Crippen LogP contribution < -0.4 is 9.46 Å². The molecule has 3 N–H and O–H groups in total. The van der Waals surface area contributed by atoms with Gasteiger partial charge in [0, 0.05) is 0 Å². The van der Waals surface area contributed by atoms with Crippen LogP contribution in [0.1, 0.15) is 24.2 Å². The number of hydrogen-bond acceptors (Lipinski definition) is 5. The second kappa shape index (κ2) is 7.65. The highest BCUT2D eigenvalue weighted by Crippen LogP contribution is 2.30. The van der Waals surface area contributed by atoms with Crippen LogP contribution in [0.25, 0.3) is 0 Å². The van der Waals surface area contributed by atoms with E-state index in [9.17, 15) is 18.6 Å². The minimum atomic E-state index is -3.52. The van der Waals surface area contributed by atoms with Crippen molar-refractivity contribution in [3.63, 3.8) is 0 Å². The molecule has 2 atom stereocenters. The summed E-state index contributed by atoms with van der Waals surface area (Å²) in [5.74, 6) is 0.339. The van der Waals surface area contributed by atoms with Crippen molar-refractivity contribution in [2.75, 3.05) is 11.0 Å². The summed E-state index contributed by atoms with van der Waals surface area (Å²) < 4.78 is 31.2. The molecule has 0 spiro atoms. The number of nitrogens with one attached hydrogen (secondary N) is 1. The summed E-state index contributed by atoms with van der Waals surface area (Å²) in [7, 11) is -3.52. The lowest BCUT2D eigenvalue weighted by Gasteiger charge is -2.18. The number of hydrogen-bond donors (Lipinski definition) is 3. The molecule has 0 unspecified atom stereocenters. The van der Waals surface area contributed by atoms with Crippen molar-refractivity contribution in [1.82, 2.24) is 0 Å². The van der Waals surface area contributed by atoms with Gasteiger partial charge < -0.3 is 14.9 Å². The smallest absolute Gasteiger partial charge is 0.229 e. The standard InChI is InChI=1S/C17H21NO5S/c1-12(19)17(20)14-8-9-16(15(10-14)18-24(2,21)22)23-11-13-6-4-3-5-7-13/h3-10,12,17-20H,11H2,1-2H3/t12-,17+/m1/s1. The third-order valence-electron chi connectivity index (χ3n) is 3.33. The first-order valence-electron chi connectivity index (χ1n) is 7.41. The zero-order valence-electron chi connectivity index (χ0n) is 13.5. The minimum absolute atomic E-state index is 0.214. The highest BCUT2D eigenvalue weighted by molar-refractivity contribution is 7.92. The Labute approximate surface area is 141 Å². The molecule has 0 fully saturated rings. The third kappa shape index (κ3) is 5.23. The Morgan fingerprint density at radius 3 is 2.38 bits per heavy atom. The summed E-state index contributed by atoms with van der Waals surface area (Å²) in [6.07, 6.45) is -1.06. The van der Waals surface area contributed by atoms with Crippen LogP contribution in [0.3, 0.4) is 0 Å². The molecule has 2 aromatic carbocycles. The molecule has 130 valence electrons. The van der Waals surface area contributed by atoms with Gasteiger partial charge >= 0.3 is 0 Å². The zero-order chi connectivity index (χ0) is 17.7. The van der Waals surface area contributed by atoms with Gasteiger partial charge in [-0.2, -0.15) is 0 Å². The molecule has 2 aromatic rings. The molecule has 24 heavy (non-hydrogen) atoms. The quantitative estimate of drug-likeness (QED) is 0.709. The van der Waals surface area contributed by atoms with E-state index in [0.717, 1.165) is 11.8 Å². The van der Waals surface area contributed by atoms with Gasteiger partial charge in [0.05, 0.1) is 18.0 Å². The van der Waals surface area contributed by atoms with Crippen LogP contribution in [0, 0.1) is 0 Å². The second-order valence-electron chi connectivity index (χ2n) is 5.59. The first-order chi connectivity index (χ1) is 11.3. The number of benzene rings is 2. The molecule has 0 saturated heterocycles. The van der Waals surface area contributed by atoms with Crippen LogP contribution in [0.15, 0.2) is 48.5 Å². The summed E-state index contributed by atoms with van der Waals surface area (Å²) in [6, 6.07) is 14.1. The molecule has 0 aliphatic rings. The lowest BCUT2D eigenvalue weighted by atomic mass is 10.0. The summed E-state index contributed by atoms with van der Waals surface area (Å²) >= 11 is 0. The first-order valence-corrected chi connectivity index (χ1v) is 9.30. The van der Waals surface area contributed by atoms with Crippen molar-refractivity contribution in [3.8, 4) is 5.75 Å². The largest absolute Gasteiger partial charge is 0.487 e. The van der Waals surface area contributed by atoms with Gasteiger partial charge in [0.15, 0.2) is 0 Å². The van der Waals surface area contributed by atoms with E-state index in [1.165, 1.54) is 13.0 Å². The van der Waals surface area contributed by atoms with Crippen LogP contribution in [-0.2, 0) is 16.6 Å². The number of rotatable bonds is 7. The lowest BCUT2D eigenvalue weighted by molar-refractivity contribution is 0.0305. The van der Waals surface area contributed by atoms with Gasteiger partial charge in [0.1, 0.15) is 18.5 Å². The molecule has 6 nitrogen and oxygen atoms in total. The SMILES string of the molecule is C[C@@H](O)[C@H](O)c1ccc(OCc2ccccc2)c(NS(C)(=O)=O)c1. The highest BCUT2D eigenvalue weighted by atomic mass is 32.2. The summed E-state index contributed by atoms with van der Waals surface area (Å²) in [5, 5.41) is 19.5. The van der Waals surface area contributed by atoms with E-state index in [2.05, 4.69) is 4.72 Å². The van der Waals surface area contributed by atoms with E-state index >= 15 is 0 Å². The molecule has 0 radical (unpaired) electrons. The molecule has 0 heterocycles. The normalized spacial score (nSPS) is 14.0. The van der Waals surface area contributed by atoms with Gasteiger partial charge in [-0.25, -0.2) is 8.42 Å². The monoisotopic (exact) mass is 351 g/mol.